The van der Waals surface area contributed by atoms with Crippen LogP contribution in [0.3, 0.4) is 0 Å². The standard InChI is InChI=1S/C12H17N7OS/c1-7(2)9-5-10(15-14-9)13-11(20)6-21-12-16-17-18-19(12)8-3-4-8/h5,7-8H,3-4,6H2,1-2H3,(H2,13,14,15,20). The molecule has 112 valence electrons. The molecule has 2 aromatic heterocycles. The fraction of sp³-hybridized carbons (Fsp3) is 0.583. The maximum Gasteiger partial charge on any atom is 0.236 e. The SMILES string of the molecule is CC(C)c1cc(NC(=O)CSc2nnnn2C2CC2)n[nH]1. The molecule has 1 aliphatic carbocycles. The quantitative estimate of drug-likeness (QED) is 0.786. The number of hydrogen-bond donors (Lipinski definition) is 2. The summed E-state index contributed by atoms with van der Waals surface area (Å²) in [5.74, 6) is 1.04. The van der Waals surface area contributed by atoms with Crippen molar-refractivity contribution in [1.82, 2.24) is 30.4 Å². The van der Waals surface area contributed by atoms with Gasteiger partial charge in [0.15, 0.2) is 5.82 Å². The average molecular weight is 307 g/mol. The summed E-state index contributed by atoms with van der Waals surface area (Å²) in [5, 5.41) is 22.0. The van der Waals surface area contributed by atoms with Gasteiger partial charge in [-0.25, -0.2) is 4.68 Å². The molecule has 0 aliphatic heterocycles. The Morgan fingerprint density at radius 1 is 1.57 bits per heavy atom. The summed E-state index contributed by atoms with van der Waals surface area (Å²) in [6.07, 6.45) is 2.21. The van der Waals surface area contributed by atoms with Gasteiger partial charge in [0.2, 0.25) is 11.1 Å². The lowest BCUT2D eigenvalue weighted by atomic mass is 10.1. The Labute approximate surface area is 126 Å². The zero-order chi connectivity index (χ0) is 14.8. The molecule has 0 atom stereocenters. The molecular formula is C12H17N7OS. The van der Waals surface area contributed by atoms with Crippen molar-refractivity contribution in [2.45, 2.75) is 43.8 Å². The Balaban J connectivity index is 1.52. The summed E-state index contributed by atoms with van der Waals surface area (Å²) in [7, 11) is 0. The van der Waals surface area contributed by atoms with Crippen LogP contribution < -0.4 is 5.32 Å². The highest BCUT2D eigenvalue weighted by atomic mass is 32.2. The minimum atomic E-state index is -0.118. The topological polar surface area (TPSA) is 101 Å². The fourth-order valence-corrected chi connectivity index (χ4v) is 2.58. The van der Waals surface area contributed by atoms with Crippen LogP contribution in [0.15, 0.2) is 11.2 Å². The molecule has 0 spiro atoms. The fourth-order valence-electron chi connectivity index (χ4n) is 1.83. The maximum absolute atomic E-state index is 11.9. The highest BCUT2D eigenvalue weighted by Gasteiger charge is 2.28. The molecule has 1 aliphatic rings. The summed E-state index contributed by atoms with van der Waals surface area (Å²) in [6.45, 7) is 4.12. The zero-order valence-electron chi connectivity index (χ0n) is 11.9. The van der Waals surface area contributed by atoms with Crippen LogP contribution in [0.5, 0.6) is 0 Å². The van der Waals surface area contributed by atoms with E-state index in [1.165, 1.54) is 11.8 Å². The Morgan fingerprint density at radius 3 is 3.05 bits per heavy atom. The second-order valence-electron chi connectivity index (χ2n) is 5.34. The molecule has 1 saturated carbocycles. The van der Waals surface area contributed by atoms with Gasteiger partial charge in [-0.3, -0.25) is 9.89 Å². The highest BCUT2D eigenvalue weighted by molar-refractivity contribution is 7.99. The minimum absolute atomic E-state index is 0.118. The summed E-state index contributed by atoms with van der Waals surface area (Å²) >= 11 is 1.34. The number of amides is 1. The predicted octanol–water partition coefficient (Wildman–Crippen LogP) is 1.59. The van der Waals surface area contributed by atoms with Gasteiger partial charge in [-0.15, -0.1) is 5.10 Å². The van der Waals surface area contributed by atoms with Crippen LogP contribution in [0, 0.1) is 0 Å². The number of tetrazole rings is 1. The molecule has 1 amide bonds. The molecule has 2 heterocycles. The normalized spacial score (nSPS) is 14.6. The lowest BCUT2D eigenvalue weighted by molar-refractivity contribution is -0.113. The molecule has 0 aromatic carbocycles. The van der Waals surface area contributed by atoms with E-state index in [4.69, 9.17) is 0 Å². The number of thioether (sulfide) groups is 1. The molecule has 0 saturated heterocycles. The zero-order valence-corrected chi connectivity index (χ0v) is 12.7. The lowest BCUT2D eigenvalue weighted by Gasteiger charge is -2.02. The molecule has 1 fully saturated rings. The van der Waals surface area contributed by atoms with Gasteiger partial charge >= 0.3 is 0 Å². The molecule has 0 radical (unpaired) electrons. The molecule has 8 nitrogen and oxygen atoms in total. The third kappa shape index (κ3) is 3.41. The second kappa shape index (κ2) is 5.84. The second-order valence-corrected chi connectivity index (χ2v) is 6.28. The van der Waals surface area contributed by atoms with E-state index in [1.54, 1.807) is 4.68 Å². The molecular weight excluding hydrogens is 290 g/mol. The van der Waals surface area contributed by atoms with Crippen molar-refractivity contribution in [3.05, 3.63) is 11.8 Å². The number of nitrogens with zero attached hydrogens (tertiary/aromatic N) is 5. The van der Waals surface area contributed by atoms with Gasteiger partial charge in [0.25, 0.3) is 0 Å². The monoisotopic (exact) mass is 307 g/mol. The number of carbonyl (C=O) groups is 1. The van der Waals surface area contributed by atoms with E-state index in [9.17, 15) is 4.79 Å². The molecule has 21 heavy (non-hydrogen) atoms. The van der Waals surface area contributed by atoms with Gasteiger partial charge in [0.05, 0.1) is 11.8 Å². The molecule has 2 N–H and O–H groups in total. The number of rotatable bonds is 6. The van der Waals surface area contributed by atoms with E-state index in [1.807, 2.05) is 6.07 Å². The largest absolute Gasteiger partial charge is 0.308 e. The van der Waals surface area contributed by atoms with Crippen molar-refractivity contribution in [3.8, 4) is 0 Å². The third-order valence-electron chi connectivity index (χ3n) is 3.17. The third-order valence-corrected chi connectivity index (χ3v) is 4.11. The summed E-state index contributed by atoms with van der Waals surface area (Å²) in [5.41, 5.74) is 0.996. The Hall–Kier alpha value is -1.90. The van der Waals surface area contributed by atoms with Gasteiger partial charge < -0.3 is 5.32 Å². The maximum atomic E-state index is 11.9. The van der Waals surface area contributed by atoms with Gasteiger partial charge in [-0.05, 0) is 29.2 Å². The van der Waals surface area contributed by atoms with Gasteiger partial charge in [-0.1, -0.05) is 25.6 Å². The number of carbonyl (C=O) groups excluding carboxylic acids is 1. The number of aromatic amines is 1. The van der Waals surface area contributed by atoms with Crippen molar-refractivity contribution in [1.29, 1.82) is 0 Å². The van der Waals surface area contributed by atoms with Crippen molar-refractivity contribution in [2.24, 2.45) is 0 Å². The Morgan fingerprint density at radius 2 is 2.38 bits per heavy atom. The van der Waals surface area contributed by atoms with Crippen LogP contribution in [-0.4, -0.2) is 42.1 Å². The van der Waals surface area contributed by atoms with E-state index in [0.29, 0.717) is 22.9 Å². The Bertz CT molecular complexity index is 631. The van der Waals surface area contributed by atoms with Crippen LogP contribution >= 0.6 is 11.8 Å². The molecule has 0 unspecified atom stereocenters. The lowest BCUT2D eigenvalue weighted by Crippen LogP contribution is -2.15. The van der Waals surface area contributed by atoms with E-state index in [-0.39, 0.29) is 11.7 Å². The molecule has 9 heteroatoms. The average Bonchev–Trinajstić information content (AvgIpc) is 3.00. The van der Waals surface area contributed by atoms with Crippen LogP contribution in [0.25, 0.3) is 0 Å². The van der Waals surface area contributed by atoms with Gasteiger partial charge in [0, 0.05) is 11.8 Å². The first-order valence-corrected chi connectivity index (χ1v) is 7.88. The first-order valence-electron chi connectivity index (χ1n) is 6.89. The van der Waals surface area contributed by atoms with Crippen LogP contribution in [0.1, 0.15) is 44.3 Å². The first-order chi connectivity index (χ1) is 10.1. The summed E-state index contributed by atoms with van der Waals surface area (Å²) in [4.78, 5) is 11.9. The smallest absolute Gasteiger partial charge is 0.236 e. The first kappa shape index (κ1) is 14.1. The van der Waals surface area contributed by atoms with E-state index < -0.39 is 0 Å². The van der Waals surface area contributed by atoms with Crippen LogP contribution in [0.2, 0.25) is 0 Å². The number of hydrogen-bond acceptors (Lipinski definition) is 6. The Kier molecular flexibility index (Phi) is 3.91. The molecule has 0 bridgehead atoms. The predicted molar refractivity (Wildman–Crippen MR) is 78.1 cm³/mol. The number of nitrogens with one attached hydrogen (secondary N) is 2. The molecule has 3 rings (SSSR count). The van der Waals surface area contributed by atoms with Crippen LogP contribution in [0.4, 0.5) is 5.82 Å². The van der Waals surface area contributed by atoms with Gasteiger partial charge in [0.1, 0.15) is 0 Å². The van der Waals surface area contributed by atoms with Crippen LogP contribution in [-0.2, 0) is 4.79 Å². The van der Waals surface area contributed by atoms with E-state index in [2.05, 4.69) is 44.9 Å². The minimum Gasteiger partial charge on any atom is -0.308 e. The van der Waals surface area contributed by atoms with Crippen molar-refractivity contribution in [2.75, 3.05) is 11.1 Å². The van der Waals surface area contributed by atoms with Gasteiger partial charge in [-0.2, -0.15) is 5.10 Å². The number of aromatic nitrogens is 6. The number of anilines is 1. The summed E-state index contributed by atoms with van der Waals surface area (Å²) in [6, 6.07) is 2.26. The van der Waals surface area contributed by atoms with Crippen molar-refractivity contribution < 1.29 is 4.79 Å². The molecule has 2 aromatic rings. The number of H-pyrrole nitrogens is 1. The van der Waals surface area contributed by atoms with E-state index >= 15 is 0 Å². The summed E-state index contributed by atoms with van der Waals surface area (Å²) < 4.78 is 1.79. The van der Waals surface area contributed by atoms with Crippen molar-refractivity contribution in [3.63, 3.8) is 0 Å². The highest BCUT2D eigenvalue weighted by Crippen LogP contribution is 2.36. The van der Waals surface area contributed by atoms with Crippen molar-refractivity contribution >= 4 is 23.5 Å². The van der Waals surface area contributed by atoms with E-state index in [0.717, 1.165) is 18.5 Å².